The van der Waals surface area contributed by atoms with Gasteiger partial charge in [-0.3, -0.25) is 9.59 Å². The van der Waals surface area contributed by atoms with Crippen LogP contribution in [0.25, 0.3) is 0 Å². The second-order valence-electron chi connectivity index (χ2n) is 8.12. The van der Waals surface area contributed by atoms with Crippen LogP contribution in [0.4, 0.5) is 10.2 Å². The first-order valence-corrected chi connectivity index (χ1v) is 10.1. The van der Waals surface area contributed by atoms with Gasteiger partial charge < -0.3 is 5.32 Å². The summed E-state index contributed by atoms with van der Waals surface area (Å²) in [7, 11) is 0. The predicted octanol–water partition coefficient (Wildman–Crippen LogP) is 4.58. The molecule has 1 heterocycles. The van der Waals surface area contributed by atoms with Gasteiger partial charge in [0.1, 0.15) is 17.4 Å². The molecule has 0 atom stereocenters. The molecule has 2 aliphatic carbocycles. The van der Waals surface area contributed by atoms with Gasteiger partial charge in [-0.2, -0.15) is 0 Å². The molecule has 1 N–H and O–H groups in total. The molecular formula is C23H25FN2O2. The number of anilines is 1. The largest absolute Gasteiger partial charge is 0.311 e. The second-order valence-corrected chi connectivity index (χ2v) is 8.12. The van der Waals surface area contributed by atoms with Gasteiger partial charge in [0.05, 0.1) is 5.41 Å². The fraction of sp³-hybridized carbons (Fsp3) is 0.435. The number of ketones is 1. The molecule has 0 aliphatic heterocycles. The molecule has 1 aromatic heterocycles. The summed E-state index contributed by atoms with van der Waals surface area (Å²) in [5.41, 5.74) is 1.22. The Labute approximate surface area is 164 Å². The number of amides is 1. The molecule has 5 heteroatoms. The van der Waals surface area contributed by atoms with Gasteiger partial charge in [-0.05, 0) is 54.5 Å². The molecule has 0 radical (unpaired) electrons. The van der Waals surface area contributed by atoms with Crippen LogP contribution in [0.3, 0.4) is 0 Å². The number of carbonyl (C=O) groups is 2. The van der Waals surface area contributed by atoms with E-state index in [4.69, 9.17) is 0 Å². The highest BCUT2D eigenvalue weighted by molar-refractivity contribution is 5.93. The van der Waals surface area contributed by atoms with Crippen molar-refractivity contribution in [1.82, 2.24) is 4.98 Å². The standard InChI is InChI=1S/C23H25FN2O2/c24-19-8-4-17(5-9-19)14-20(27)23(12-1-13-23)18-7-10-21(25-15-18)26-22(28)11-6-16-2-3-16/h4-5,7-10,15-16H,1-3,6,11-14H2,(H,25,26,28). The highest BCUT2D eigenvalue weighted by atomic mass is 19.1. The fourth-order valence-corrected chi connectivity index (χ4v) is 3.91. The minimum absolute atomic E-state index is 0.00195. The minimum atomic E-state index is -0.504. The van der Waals surface area contributed by atoms with Crippen molar-refractivity contribution >= 4 is 17.5 Å². The average molecular weight is 380 g/mol. The number of carbonyl (C=O) groups excluding carboxylic acids is 2. The number of pyridine rings is 1. The summed E-state index contributed by atoms with van der Waals surface area (Å²) >= 11 is 0. The second kappa shape index (κ2) is 7.82. The van der Waals surface area contributed by atoms with Crippen molar-refractivity contribution in [2.45, 2.75) is 56.8 Å². The minimum Gasteiger partial charge on any atom is -0.311 e. The number of rotatable bonds is 8. The summed E-state index contributed by atoms with van der Waals surface area (Å²) in [6, 6.07) is 9.80. The van der Waals surface area contributed by atoms with Crippen LogP contribution < -0.4 is 5.32 Å². The third-order valence-corrected chi connectivity index (χ3v) is 6.08. The Morgan fingerprint density at radius 3 is 2.43 bits per heavy atom. The number of nitrogens with one attached hydrogen (secondary N) is 1. The molecule has 0 bridgehead atoms. The third-order valence-electron chi connectivity index (χ3n) is 6.08. The van der Waals surface area contributed by atoms with Gasteiger partial charge in [-0.1, -0.05) is 37.5 Å². The Hall–Kier alpha value is -2.56. The topological polar surface area (TPSA) is 59.1 Å². The predicted molar refractivity (Wildman–Crippen MR) is 105 cm³/mol. The van der Waals surface area contributed by atoms with Gasteiger partial charge in [0, 0.05) is 19.0 Å². The Bertz CT molecular complexity index is 853. The van der Waals surface area contributed by atoms with E-state index in [2.05, 4.69) is 10.3 Å². The molecule has 1 amide bonds. The SMILES string of the molecule is O=C(CCC1CC1)Nc1ccc(C2(C(=O)Cc3ccc(F)cc3)CCC2)cn1. The van der Waals surface area contributed by atoms with E-state index in [9.17, 15) is 14.0 Å². The molecule has 146 valence electrons. The quantitative estimate of drug-likeness (QED) is 0.729. The number of benzene rings is 1. The number of hydrogen-bond donors (Lipinski definition) is 1. The molecule has 4 rings (SSSR count). The van der Waals surface area contributed by atoms with E-state index < -0.39 is 5.41 Å². The molecule has 2 fully saturated rings. The summed E-state index contributed by atoms with van der Waals surface area (Å²) in [4.78, 5) is 29.4. The zero-order valence-electron chi connectivity index (χ0n) is 15.9. The summed E-state index contributed by atoms with van der Waals surface area (Å²) in [5, 5.41) is 2.84. The lowest BCUT2D eigenvalue weighted by atomic mass is 9.61. The van der Waals surface area contributed by atoms with Crippen molar-refractivity contribution < 1.29 is 14.0 Å². The van der Waals surface area contributed by atoms with E-state index >= 15 is 0 Å². The van der Waals surface area contributed by atoms with Crippen LogP contribution in [0.5, 0.6) is 0 Å². The van der Waals surface area contributed by atoms with Gasteiger partial charge >= 0.3 is 0 Å². The number of aromatic nitrogens is 1. The summed E-state index contributed by atoms with van der Waals surface area (Å²) in [6.45, 7) is 0. The van der Waals surface area contributed by atoms with Crippen molar-refractivity contribution in [1.29, 1.82) is 0 Å². The third kappa shape index (κ3) is 4.13. The molecule has 2 aliphatic rings. The molecule has 2 aromatic rings. The van der Waals surface area contributed by atoms with Crippen molar-refractivity contribution in [2.24, 2.45) is 5.92 Å². The number of Topliss-reactive ketones (excluding diaryl/α,β-unsaturated/α-hetero) is 1. The van der Waals surface area contributed by atoms with E-state index in [1.54, 1.807) is 24.4 Å². The van der Waals surface area contributed by atoms with Crippen LogP contribution in [0, 0.1) is 11.7 Å². The lowest BCUT2D eigenvalue weighted by molar-refractivity contribution is -0.127. The maximum atomic E-state index is 13.1. The van der Waals surface area contributed by atoms with Crippen molar-refractivity contribution in [3.05, 3.63) is 59.5 Å². The fourth-order valence-electron chi connectivity index (χ4n) is 3.91. The van der Waals surface area contributed by atoms with Crippen molar-refractivity contribution in [2.75, 3.05) is 5.32 Å². The summed E-state index contributed by atoms with van der Waals surface area (Å²) in [6.07, 6.45) is 8.61. The van der Waals surface area contributed by atoms with Crippen LogP contribution >= 0.6 is 0 Å². The van der Waals surface area contributed by atoms with Gasteiger partial charge in [0.25, 0.3) is 0 Å². The molecule has 0 saturated heterocycles. The molecule has 28 heavy (non-hydrogen) atoms. The van der Waals surface area contributed by atoms with Crippen molar-refractivity contribution in [3.63, 3.8) is 0 Å². The molecule has 2 saturated carbocycles. The molecule has 1 aromatic carbocycles. The molecule has 0 unspecified atom stereocenters. The summed E-state index contributed by atoms with van der Waals surface area (Å²) < 4.78 is 13.1. The Kier molecular flexibility index (Phi) is 5.25. The highest BCUT2D eigenvalue weighted by Crippen LogP contribution is 2.45. The van der Waals surface area contributed by atoms with Gasteiger partial charge in [-0.15, -0.1) is 0 Å². The van der Waals surface area contributed by atoms with E-state index in [1.165, 1.54) is 25.0 Å². The van der Waals surface area contributed by atoms with E-state index in [0.717, 1.165) is 42.7 Å². The van der Waals surface area contributed by atoms with E-state index in [0.29, 0.717) is 18.7 Å². The molecule has 4 nitrogen and oxygen atoms in total. The normalized spacial score (nSPS) is 17.6. The average Bonchev–Trinajstić information content (AvgIpc) is 3.47. The van der Waals surface area contributed by atoms with Crippen LogP contribution in [-0.2, 0) is 21.4 Å². The van der Waals surface area contributed by atoms with Gasteiger partial charge in [0.2, 0.25) is 5.91 Å². The highest BCUT2D eigenvalue weighted by Gasteiger charge is 2.45. The van der Waals surface area contributed by atoms with E-state index in [-0.39, 0.29) is 17.5 Å². The summed E-state index contributed by atoms with van der Waals surface area (Å²) in [5.74, 6) is 1.11. The zero-order chi connectivity index (χ0) is 19.6. The smallest absolute Gasteiger partial charge is 0.225 e. The van der Waals surface area contributed by atoms with Crippen molar-refractivity contribution in [3.8, 4) is 0 Å². The Morgan fingerprint density at radius 2 is 1.86 bits per heavy atom. The number of nitrogens with zero attached hydrogens (tertiary/aromatic N) is 1. The number of halogens is 1. The Balaban J connectivity index is 1.41. The maximum absolute atomic E-state index is 13.1. The lowest BCUT2D eigenvalue weighted by Gasteiger charge is -2.40. The molecule has 0 spiro atoms. The zero-order valence-corrected chi connectivity index (χ0v) is 15.9. The van der Waals surface area contributed by atoms with E-state index in [1.807, 2.05) is 6.07 Å². The lowest BCUT2D eigenvalue weighted by Crippen LogP contribution is -2.43. The van der Waals surface area contributed by atoms with Gasteiger partial charge in [-0.25, -0.2) is 9.37 Å². The Morgan fingerprint density at radius 1 is 1.11 bits per heavy atom. The van der Waals surface area contributed by atoms with Crippen LogP contribution in [-0.4, -0.2) is 16.7 Å². The molecular weight excluding hydrogens is 355 g/mol. The first kappa shape index (κ1) is 18.8. The van der Waals surface area contributed by atoms with Gasteiger partial charge in [0.15, 0.2) is 0 Å². The van der Waals surface area contributed by atoms with Crippen LogP contribution in [0.15, 0.2) is 42.6 Å². The first-order valence-electron chi connectivity index (χ1n) is 10.1. The first-order chi connectivity index (χ1) is 13.5. The maximum Gasteiger partial charge on any atom is 0.225 e. The van der Waals surface area contributed by atoms with Crippen LogP contribution in [0.1, 0.15) is 56.1 Å². The number of hydrogen-bond acceptors (Lipinski definition) is 3. The monoisotopic (exact) mass is 380 g/mol. The van der Waals surface area contributed by atoms with Crippen LogP contribution in [0.2, 0.25) is 0 Å².